The molecule has 5 nitrogen and oxygen atoms in total. The number of rotatable bonds is 6. The van der Waals surface area contributed by atoms with Crippen LogP contribution in [-0.2, 0) is 19.1 Å². The van der Waals surface area contributed by atoms with E-state index in [0.29, 0.717) is 13.1 Å². The van der Waals surface area contributed by atoms with E-state index in [0.717, 1.165) is 0 Å². The largest absolute Gasteiger partial charge is 0.469 e. The van der Waals surface area contributed by atoms with Crippen molar-refractivity contribution in [2.75, 3.05) is 27.3 Å². The molecular weight excluding hydrogens is 198 g/mol. The summed E-state index contributed by atoms with van der Waals surface area (Å²) in [7, 11) is 2.62. The maximum Gasteiger partial charge on any atom is 0.323 e. The van der Waals surface area contributed by atoms with Crippen molar-refractivity contribution in [1.82, 2.24) is 4.90 Å². The fraction of sp³-hybridized carbons (Fsp3) is 0.800. The van der Waals surface area contributed by atoms with Crippen molar-refractivity contribution >= 4 is 11.9 Å². The Morgan fingerprint density at radius 3 is 2.00 bits per heavy atom. The van der Waals surface area contributed by atoms with Crippen LogP contribution in [0.2, 0.25) is 0 Å². The summed E-state index contributed by atoms with van der Waals surface area (Å²) < 4.78 is 9.20. The van der Waals surface area contributed by atoms with E-state index in [-0.39, 0.29) is 6.42 Å². The van der Waals surface area contributed by atoms with Gasteiger partial charge >= 0.3 is 11.9 Å². The minimum absolute atomic E-state index is 0.0326. The quantitative estimate of drug-likeness (QED) is 0.604. The van der Waals surface area contributed by atoms with Gasteiger partial charge in [-0.3, -0.25) is 14.5 Å². The molecule has 0 aromatic heterocycles. The summed E-state index contributed by atoms with van der Waals surface area (Å²) in [6.07, 6.45) is 0.0326. The third-order valence-electron chi connectivity index (χ3n) is 2.31. The Morgan fingerprint density at radius 1 is 1.13 bits per heavy atom. The molecule has 0 rings (SSSR count). The maximum absolute atomic E-state index is 11.5. The highest BCUT2D eigenvalue weighted by Gasteiger charge is 2.27. The topological polar surface area (TPSA) is 55.8 Å². The van der Waals surface area contributed by atoms with Crippen molar-refractivity contribution in [3.63, 3.8) is 0 Å². The van der Waals surface area contributed by atoms with E-state index in [2.05, 4.69) is 9.47 Å². The number of esters is 2. The summed E-state index contributed by atoms with van der Waals surface area (Å²) in [5.41, 5.74) is 0. The monoisotopic (exact) mass is 217 g/mol. The number of carbonyl (C=O) groups is 2. The number of carbonyl (C=O) groups excluding carboxylic acids is 2. The summed E-state index contributed by atoms with van der Waals surface area (Å²) in [6, 6.07) is -0.544. The molecule has 5 heteroatoms. The highest BCUT2D eigenvalue weighted by Crippen LogP contribution is 2.07. The van der Waals surface area contributed by atoms with E-state index in [1.54, 1.807) is 0 Å². The predicted octanol–water partition coefficient (Wildman–Crippen LogP) is 0.433. The molecule has 0 radical (unpaired) electrons. The van der Waals surface area contributed by atoms with Gasteiger partial charge in [0.1, 0.15) is 6.04 Å². The molecule has 0 bridgehead atoms. The molecule has 0 spiro atoms. The number of nitrogens with zero attached hydrogens (tertiary/aromatic N) is 1. The first kappa shape index (κ1) is 13.9. The minimum Gasteiger partial charge on any atom is -0.469 e. The first-order valence-electron chi connectivity index (χ1n) is 4.99. The van der Waals surface area contributed by atoms with Crippen LogP contribution in [0.3, 0.4) is 0 Å². The summed E-state index contributed by atoms with van der Waals surface area (Å²) in [4.78, 5) is 24.4. The van der Waals surface area contributed by atoms with Crippen LogP contribution in [-0.4, -0.2) is 50.2 Å². The summed E-state index contributed by atoms with van der Waals surface area (Å²) in [5, 5.41) is 0. The molecule has 0 aliphatic rings. The van der Waals surface area contributed by atoms with Gasteiger partial charge in [-0.05, 0) is 13.1 Å². The zero-order chi connectivity index (χ0) is 11.8. The molecule has 15 heavy (non-hydrogen) atoms. The van der Waals surface area contributed by atoms with Gasteiger partial charge in [-0.25, -0.2) is 0 Å². The zero-order valence-corrected chi connectivity index (χ0v) is 9.78. The van der Waals surface area contributed by atoms with Crippen LogP contribution in [0.15, 0.2) is 0 Å². The molecule has 0 aliphatic heterocycles. The lowest BCUT2D eigenvalue weighted by atomic mass is 10.1. The Balaban J connectivity index is 4.56. The van der Waals surface area contributed by atoms with Gasteiger partial charge in [0.05, 0.1) is 20.6 Å². The number of hydrogen-bond donors (Lipinski definition) is 0. The van der Waals surface area contributed by atoms with Crippen molar-refractivity contribution in [3.8, 4) is 0 Å². The summed E-state index contributed by atoms with van der Waals surface area (Å²) in [5.74, 6) is -0.804. The Morgan fingerprint density at radius 2 is 1.67 bits per heavy atom. The number of likely N-dealkylation sites (N-methyl/N-ethyl adjacent to an activating group) is 1. The third-order valence-corrected chi connectivity index (χ3v) is 2.31. The van der Waals surface area contributed by atoms with E-state index < -0.39 is 18.0 Å². The molecule has 0 fully saturated rings. The van der Waals surface area contributed by atoms with Crippen LogP contribution in [0.25, 0.3) is 0 Å². The molecule has 0 saturated carbocycles. The maximum atomic E-state index is 11.5. The molecule has 0 N–H and O–H groups in total. The van der Waals surface area contributed by atoms with Crippen LogP contribution in [0.1, 0.15) is 20.3 Å². The molecule has 88 valence electrons. The lowest BCUT2D eigenvalue weighted by Crippen LogP contribution is -2.43. The van der Waals surface area contributed by atoms with E-state index >= 15 is 0 Å². The fourth-order valence-corrected chi connectivity index (χ4v) is 1.40. The van der Waals surface area contributed by atoms with Gasteiger partial charge in [0.25, 0.3) is 0 Å². The van der Waals surface area contributed by atoms with Crippen LogP contribution in [0, 0.1) is 0 Å². The molecule has 0 heterocycles. The molecule has 1 atom stereocenters. The number of hydrogen-bond acceptors (Lipinski definition) is 5. The van der Waals surface area contributed by atoms with Crippen molar-refractivity contribution < 1.29 is 19.1 Å². The lowest BCUT2D eigenvalue weighted by Gasteiger charge is -2.26. The molecule has 0 saturated heterocycles. The minimum atomic E-state index is -0.544. The van der Waals surface area contributed by atoms with Gasteiger partial charge in [0, 0.05) is 0 Å². The number of methoxy groups -OCH3 is 2. The van der Waals surface area contributed by atoms with Gasteiger partial charge in [-0.1, -0.05) is 13.8 Å². The molecular formula is C10H19NO4. The first-order chi connectivity index (χ1) is 7.10. The predicted molar refractivity (Wildman–Crippen MR) is 55.4 cm³/mol. The van der Waals surface area contributed by atoms with E-state index in [1.807, 2.05) is 18.7 Å². The van der Waals surface area contributed by atoms with Crippen LogP contribution >= 0.6 is 0 Å². The van der Waals surface area contributed by atoms with Crippen LogP contribution in [0.5, 0.6) is 0 Å². The average molecular weight is 217 g/mol. The van der Waals surface area contributed by atoms with Crippen molar-refractivity contribution in [1.29, 1.82) is 0 Å². The second kappa shape index (κ2) is 7.23. The van der Waals surface area contributed by atoms with Crippen molar-refractivity contribution in [3.05, 3.63) is 0 Å². The Hall–Kier alpha value is -1.10. The second-order valence-electron chi connectivity index (χ2n) is 3.04. The molecule has 1 unspecified atom stereocenters. The highest BCUT2D eigenvalue weighted by molar-refractivity contribution is 5.82. The smallest absolute Gasteiger partial charge is 0.323 e. The van der Waals surface area contributed by atoms with Gasteiger partial charge in [0.15, 0.2) is 0 Å². The van der Waals surface area contributed by atoms with Gasteiger partial charge in [-0.2, -0.15) is 0 Å². The van der Waals surface area contributed by atoms with E-state index in [9.17, 15) is 9.59 Å². The molecule has 0 aromatic carbocycles. The summed E-state index contributed by atoms with van der Waals surface area (Å²) >= 11 is 0. The number of ether oxygens (including phenoxy) is 2. The van der Waals surface area contributed by atoms with Gasteiger partial charge < -0.3 is 9.47 Å². The van der Waals surface area contributed by atoms with Gasteiger partial charge in [-0.15, -0.1) is 0 Å². The SMILES string of the molecule is CCN(CC)C(CC(=O)OC)C(=O)OC. The third kappa shape index (κ3) is 4.29. The van der Waals surface area contributed by atoms with E-state index in [1.165, 1.54) is 14.2 Å². The Kier molecular flexibility index (Phi) is 6.70. The first-order valence-corrected chi connectivity index (χ1v) is 4.99. The normalized spacial score (nSPS) is 12.3. The van der Waals surface area contributed by atoms with Crippen molar-refractivity contribution in [2.45, 2.75) is 26.3 Å². The summed E-state index contributed by atoms with van der Waals surface area (Å²) in [6.45, 7) is 5.23. The molecule has 0 amide bonds. The average Bonchev–Trinajstić information content (AvgIpc) is 2.27. The van der Waals surface area contributed by atoms with Crippen LogP contribution in [0.4, 0.5) is 0 Å². The molecule has 0 aromatic rings. The van der Waals surface area contributed by atoms with Crippen LogP contribution < -0.4 is 0 Å². The lowest BCUT2D eigenvalue weighted by molar-refractivity contribution is -0.153. The second-order valence-corrected chi connectivity index (χ2v) is 3.04. The fourth-order valence-electron chi connectivity index (χ4n) is 1.40. The highest BCUT2D eigenvalue weighted by atomic mass is 16.5. The Bertz CT molecular complexity index is 213. The Labute approximate surface area is 90.3 Å². The molecule has 0 aliphatic carbocycles. The standard InChI is InChI=1S/C10H19NO4/c1-5-11(6-2)8(10(13)15-4)7-9(12)14-3/h8H,5-7H2,1-4H3. The van der Waals surface area contributed by atoms with Crippen molar-refractivity contribution in [2.24, 2.45) is 0 Å². The van der Waals surface area contributed by atoms with E-state index in [4.69, 9.17) is 0 Å². The zero-order valence-electron chi connectivity index (χ0n) is 9.78. The van der Waals surface area contributed by atoms with Gasteiger partial charge in [0.2, 0.25) is 0 Å².